The predicted octanol–water partition coefficient (Wildman–Crippen LogP) is 3.08. The highest BCUT2D eigenvalue weighted by molar-refractivity contribution is 6.30. The zero-order valence-electron chi connectivity index (χ0n) is 11.7. The van der Waals surface area contributed by atoms with Crippen LogP contribution in [-0.4, -0.2) is 36.6 Å². The predicted molar refractivity (Wildman–Crippen MR) is 78.9 cm³/mol. The fourth-order valence-electron chi connectivity index (χ4n) is 3.26. The second-order valence-corrected chi connectivity index (χ2v) is 6.23. The molecular formula is C16H20ClNO2. The highest BCUT2D eigenvalue weighted by Crippen LogP contribution is 2.31. The summed E-state index contributed by atoms with van der Waals surface area (Å²) in [6, 6.07) is 7.99. The maximum Gasteiger partial charge on any atom is 0.228 e. The van der Waals surface area contributed by atoms with Gasteiger partial charge in [0.25, 0.3) is 0 Å². The zero-order chi connectivity index (χ0) is 14.1. The fraction of sp³-hybridized carbons (Fsp3) is 0.562. The van der Waals surface area contributed by atoms with Crippen LogP contribution in [0.1, 0.15) is 31.2 Å². The van der Waals surface area contributed by atoms with Crippen LogP contribution in [-0.2, 0) is 9.53 Å². The van der Waals surface area contributed by atoms with Gasteiger partial charge in [0, 0.05) is 30.6 Å². The summed E-state index contributed by atoms with van der Waals surface area (Å²) >= 11 is 5.92. The lowest BCUT2D eigenvalue weighted by Gasteiger charge is -2.22. The number of ether oxygens (including phenoxy) is 1. The molecule has 1 aromatic rings. The van der Waals surface area contributed by atoms with Gasteiger partial charge in [-0.15, -0.1) is 0 Å². The summed E-state index contributed by atoms with van der Waals surface area (Å²) < 4.78 is 5.51. The van der Waals surface area contributed by atoms with Crippen LogP contribution in [0.5, 0.6) is 0 Å². The standard InChI is InChI=1S/C16H20ClNO2/c1-11-15(7-9-20-11)16(19)18-8-6-13(10-18)12-2-4-14(17)5-3-12/h2-5,11,13,15H,6-10H2,1H3. The van der Waals surface area contributed by atoms with E-state index in [9.17, 15) is 4.79 Å². The van der Waals surface area contributed by atoms with Gasteiger partial charge in [0.1, 0.15) is 0 Å². The van der Waals surface area contributed by atoms with Crippen molar-refractivity contribution in [2.75, 3.05) is 19.7 Å². The lowest BCUT2D eigenvalue weighted by Crippen LogP contribution is -2.37. The van der Waals surface area contributed by atoms with Gasteiger partial charge in [0.05, 0.1) is 12.0 Å². The minimum absolute atomic E-state index is 0.0546. The fourth-order valence-corrected chi connectivity index (χ4v) is 3.38. The normalized spacial score (nSPS) is 29.9. The van der Waals surface area contributed by atoms with Crippen molar-refractivity contribution in [3.8, 4) is 0 Å². The third kappa shape index (κ3) is 2.70. The summed E-state index contributed by atoms with van der Waals surface area (Å²) in [7, 11) is 0. The maximum atomic E-state index is 12.5. The van der Waals surface area contributed by atoms with Crippen molar-refractivity contribution in [1.29, 1.82) is 0 Å². The van der Waals surface area contributed by atoms with Gasteiger partial charge in [0.2, 0.25) is 5.91 Å². The summed E-state index contributed by atoms with van der Waals surface area (Å²) in [6.45, 7) is 4.40. The Morgan fingerprint density at radius 1 is 1.30 bits per heavy atom. The van der Waals surface area contributed by atoms with E-state index >= 15 is 0 Å². The van der Waals surface area contributed by atoms with Gasteiger partial charge in [-0.05, 0) is 37.5 Å². The molecule has 108 valence electrons. The molecule has 1 amide bonds. The first-order valence-electron chi connectivity index (χ1n) is 7.31. The van der Waals surface area contributed by atoms with Crippen molar-refractivity contribution in [2.24, 2.45) is 5.92 Å². The molecule has 0 aromatic heterocycles. The first-order valence-corrected chi connectivity index (χ1v) is 7.69. The largest absolute Gasteiger partial charge is 0.378 e. The van der Waals surface area contributed by atoms with Gasteiger partial charge in [-0.25, -0.2) is 0 Å². The molecule has 3 rings (SSSR count). The number of carbonyl (C=O) groups is 1. The topological polar surface area (TPSA) is 29.5 Å². The molecule has 2 aliphatic heterocycles. The highest BCUT2D eigenvalue weighted by Gasteiger charge is 2.36. The Morgan fingerprint density at radius 3 is 2.70 bits per heavy atom. The Balaban J connectivity index is 1.64. The van der Waals surface area contributed by atoms with E-state index < -0.39 is 0 Å². The monoisotopic (exact) mass is 293 g/mol. The van der Waals surface area contributed by atoms with E-state index in [1.807, 2.05) is 24.0 Å². The Hall–Kier alpha value is -1.06. The summed E-state index contributed by atoms with van der Waals surface area (Å²) in [5, 5.41) is 0.761. The second-order valence-electron chi connectivity index (χ2n) is 5.79. The number of halogens is 1. The summed E-state index contributed by atoms with van der Waals surface area (Å²) in [5.74, 6) is 0.763. The van der Waals surface area contributed by atoms with E-state index in [-0.39, 0.29) is 17.9 Å². The summed E-state index contributed by atoms with van der Waals surface area (Å²) in [4.78, 5) is 14.5. The quantitative estimate of drug-likeness (QED) is 0.839. The number of likely N-dealkylation sites (tertiary alicyclic amines) is 1. The van der Waals surface area contributed by atoms with Crippen LogP contribution in [0.3, 0.4) is 0 Å². The first kappa shape index (κ1) is 13.9. The minimum atomic E-state index is 0.0546. The molecule has 2 heterocycles. The Bertz CT molecular complexity index is 488. The van der Waals surface area contributed by atoms with Crippen LogP contribution in [0, 0.1) is 5.92 Å². The molecule has 2 saturated heterocycles. The van der Waals surface area contributed by atoms with E-state index in [1.165, 1.54) is 5.56 Å². The van der Waals surface area contributed by atoms with Gasteiger partial charge in [-0.3, -0.25) is 4.79 Å². The summed E-state index contributed by atoms with van der Waals surface area (Å²) in [6.07, 6.45) is 1.97. The highest BCUT2D eigenvalue weighted by atomic mass is 35.5. The molecule has 1 aromatic carbocycles. The molecule has 20 heavy (non-hydrogen) atoms. The van der Waals surface area contributed by atoms with E-state index in [4.69, 9.17) is 16.3 Å². The van der Waals surface area contributed by atoms with Gasteiger partial charge in [-0.1, -0.05) is 23.7 Å². The Kier molecular flexibility index (Phi) is 3.99. The number of amides is 1. The van der Waals surface area contributed by atoms with Crippen molar-refractivity contribution in [2.45, 2.75) is 31.8 Å². The molecule has 3 atom stereocenters. The Morgan fingerprint density at radius 2 is 2.05 bits per heavy atom. The smallest absolute Gasteiger partial charge is 0.228 e. The number of rotatable bonds is 2. The number of hydrogen-bond acceptors (Lipinski definition) is 2. The van der Waals surface area contributed by atoms with Crippen LogP contribution < -0.4 is 0 Å². The number of carbonyl (C=O) groups excluding carboxylic acids is 1. The summed E-state index contributed by atoms with van der Waals surface area (Å²) in [5.41, 5.74) is 1.28. The third-order valence-electron chi connectivity index (χ3n) is 4.53. The average Bonchev–Trinajstić information content (AvgIpc) is 3.08. The minimum Gasteiger partial charge on any atom is -0.378 e. The molecule has 3 nitrogen and oxygen atoms in total. The van der Waals surface area contributed by atoms with Crippen LogP contribution in [0.4, 0.5) is 0 Å². The number of hydrogen-bond donors (Lipinski definition) is 0. The van der Waals surface area contributed by atoms with Crippen molar-refractivity contribution in [3.63, 3.8) is 0 Å². The van der Waals surface area contributed by atoms with Crippen molar-refractivity contribution >= 4 is 17.5 Å². The molecule has 2 aliphatic rings. The van der Waals surface area contributed by atoms with Crippen LogP contribution in [0.2, 0.25) is 5.02 Å². The molecule has 4 heteroatoms. The van der Waals surface area contributed by atoms with Gasteiger partial charge < -0.3 is 9.64 Å². The average molecular weight is 294 g/mol. The second kappa shape index (κ2) is 5.74. The van der Waals surface area contributed by atoms with E-state index in [1.54, 1.807) is 0 Å². The van der Waals surface area contributed by atoms with Gasteiger partial charge in [-0.2, -0.15) is 0 Å². The molecular weight excluding hydrogens is 274 g/mol. The maximum absolute atomic E-state index is 12.5. The van der Waals surface area contributed by atoms with Crippen LogP contribution in [0.25, 0.3) is 0 Å². The number of nitrogens with zero attached hydrogens (tertiary/aromatic N) is 1. The SMILES string of the molecule is CC1OCCC1C(=O)N1CCC(c2ccc(Cl)cc2)C1. The van der Waals surface area contributed by atoms with E-state index in [0.29, 0.717) is 12.5 Å². The molecule has 0 radical (unpaired) electrons. The molecule has 3 unspecified atom stereocenters. The van der Waals surface area contributed by atoms with Crippen LogP contribution in [0.15, 0.2) is 24.3 Å². The van der Waals surface area contributed by atoms with E-state index in [2.05, 4.69) is 12.1 Å². The van der Waals surface area contributed by atoms with Crippen LogP contribution >= 0.6 is 11.6 Å². The molecule has 0 aliphatic carbocycles. The van der Waals surface area contributed by atoms with Gasteiger partial charge >= 0.3 is 0 Å². The molecule has 2 fully saturated rings. The first-order chi connectivity index (χ1) is 9.65. The Labute approximate surface area is 124 Å². The van der Waals surface area contributed by atoms with Crippen molar-refractivity contribution in [3.05, 3.63) is 34.9 Å². The lowest BCUT2D eigenvalue weighted by molar-refractivity contribution is -0.135. The lowest BCUT2D eigenvalue weighted by atomic mass is 9.98. The molecule has 0 saturated carbocycles. The van der Waals surface area contributed by atoms with Crippen molar-refractivity contribution in [1.82, 2.24) is 4.90 Å². The molecule has 0 N–H and O–H groups in total. The molecule has 0 bridgehead atoms. The van der Waals surface area contributed by atoms with Gasteiger partial charge in [0.15, 0.2) is 0 Å². The zero-order valence-corrected chi connectivity index (χ0v) is 12.5. The van der Waals surface area contributed by atoms with E-state index in [0.717, 1.165) is 31.0 Å². The number of benzene rings is 1. The molecule has 0 spiro atoms. The van der Waals surface area contributed by atoms with Crippen molar-refractivity contribution < 1.29 is 9.53 Å². The third-order valence-corrected chi connectivity index (χ3v) is 4.79.